The molecule has 0 aromatic rings. The van der Waals surface area contributed by atoms with Crippen LogP contribution >= 0.6 is 0 Å². The zero-order valence-corrected chi connectivity index (χ0v) is 12.0. The molecule has 2 amide bonds. The summed E-state index contributed by atoms with van der Waals surface area (Å²) in [6.07, 6.45) is 3.42. The lowest BCUT2D eigenvalue weighted by Crippen LogP contribution is -2.46. The third-order valence-corrected chi connectivity index (χ3v) is 3.32. The first-order valence-electron chi connectivity index (χ1n) is 7.03. The number of hydrogen-bond donors (Lipinski definition) is 3. The highest BCUT2D eigenvalue weighted by Gasteiger charge is 2.22. The van der Waals surface area contributed by atoms with Crippen molar-refractivity contribution in [2.45, 2.75) is 37.9 Å². The minimum absolute atomic E-state index is 0.00579. The molecule has 0 radical (unpaired) electrons. The van der Waals surface area contributed by atoms with Gasteiger partial charge in [0.25, 0.3) is 0 Å². The fourth-order valence-corrected chi connectivity index (χ4v) is 2.24. The number of likely N-dealkylation sites (tertiary alicyclic amines) is 1. The average Bonchev–Trinajstić information content (AvgIpc) is 2.39. The summed E-state index contributed by atoms with van der Waals surface area (Å²) >= 11 is 0. The Labute approximate surface area is 115 Å². The van der Waals surface area contributed by atoms with E-state index in [1.54, 1.807) is 19.0 Å². The molecule has 2 fully saturated rings. The van der Waals surface area contributed by atoms with Crippen molar-refractivity contribution in [3.05, 3.63) is 0 Å². The molecule has 19 heavy (non-hydrogen) atoms. The number of β-amino-alcohol motifs (C(OH)–C–C–N with tert-alkyl or cyclic N) is 2. The number of urea groups is 1. The Morgan fingerprint density at radius 3 is 2.32 bits per heavy atom. The van der Waals surface area contributed by atoms with Crippen molar-refractivity contribution in [3.8, 4) is 0 Å². The summed E-state index contributed by atoms with van der Waals surface area (Å²) in [5, 5.41) is 21.2. The molecule has 0 bridgehead atoms. The molecule has 2 atom stereocenters. The van der Waals surface area contributed by atoms with Gasteiger partial charge in [0.15, 0.2) is 0 Å². The van der Waals surface area contributed by atoms with Crippen LogP contribution in [0, 0.1) is 0 Å². The molecule has 0 aromatic carbocycles. The van der Waals surface area contributed by atoms with Crippen LogP contribution in [0.4, 0.5) is 4.79 Å². The third-order valence-electron chi connectivity index (χ3n) is 3.32. The second kappa shape index (κ2) is 8.35. The van der Waals surface area contributed by atoms with Gasteiger partial charge >= 0.3 is 6.03 Å². The van der Waals surface area contributed by atoms with Gasteiger partial charge in [0, 0.05) is 33.7 Å². The van der Waals surface area contributed by atoms with Gasteiger partial charge < -0.3 is 25.3 Å². The van der Waals surface area contributed by atoms with Crippen LogP contribution < -0.4 is 5.32 Å². The minimum atomic E-state index is -0.331. The lowest BCUT2D eigenvalue weighted by atomic mass is 10.1. The smallest absolute Gasteiger partial charge is 0.319 e. The van der Waals surface area contributed by atoms with Crippen LogP contribution in [-0.2, 0) is 0 Å². The van der Waals surface area contributed by atoms with E-state index in [1.807, 2.05) is 0 Å². The molecule has 112 valence electrons. The monoisotopic (exact) mass is 273 g/mol. The standard InChI is InChI=1S/C8H16N2O2.C5H11NO/c1-9(2)8(12)10-5-3-4-7(11)6-10;7-5-2-1-3-6-4-5/h7,11H,3-6H2,1-2H3;5-7H,1-4H2. The van der Waals surface area contributed by atoms with E-state index >= 15 is 0 Å². The molecule has 0 saturated carbocycles. The first-order valence-corrected chi connectivity index (χ1v) is 7.03. The maximum atomic E-state index is 11.4. The highest BCUT2D eigenvalue weighted by Crippen LogP contribution is 2.10. The Morgan fingerprint density at radius 1 is 1.21 bits per heavy atom. The summed E-state index contributed by atoms with van der Waals surface area (Å²) in [6.45, 7) is 3.13. The molecule has 3 N–H and O–H groups in total. The van der Waals surface area contributed by atoms with Gasteiger partial charge in [0.05, 0.1) is 12.2 Å². The highest BCUT2D eigenvalue weighted by atomic mass is 16.3. The fourth-order valence-electron chi connectivity index (χ4n) is 2.24. The van der Waals surface area contributed by atoms with Gasteiger partial charge in [-0.3, -0.25) is 0 Å². The van der Waals surface area contributed by atoms with Gasteiger partial charge in [-0.1, -0.05) is 0 Å². The van der Waals surface area contributed by atoms with E-state index < -0.39 is 0 Å². The number of rotatable bonds is 0. The van der Waals surface area contributed by atoms with Crippen molar-refractivity contribution in [1.82, 2.24) is 15.1 Å². The van der Waals surface area contributed by atoms with Crippen molar-refractivity contribution in [2.75, 3.05) is 40.3 Å². The average molecular weight is 273 g/mol. The van der Waals surface area contributed by atoms with Crippen LogP contribution in [0.5, 0.6) is 0 Å². The van der Waals surface area contributed by atoms with Crippen LogP contribution in [0.25, 0.3) is 0 Å². The van der Waals surface area contributed by atoms with Crippen molar-refractivity contribution in [2.24, 2.45) is 0 Å². The first-order chi connectivity index (χ1) is 9.00. The predicted molar refractivity (Wildman–Crippen MR) is 74.0 cm³/mol. The molecule has 2 aliphatic rings. The van der Waals surface area contributed by atoms with E-state index in [0.29, 0.717) is 6.54 Å². The molecule has 2 aliphatic heterocycles. The number of carbonyl (C=O) groups excluding carboxylic acids is 1. The maximum absolute atomic E-state index is 11.4. The molecular weight excluding hydrogens is 246 g/mol. The van der Waals surface area contributed by atoms with Crippen molar-refractivity contribution in [3.63, 3.8) is 0 Å². The van der Waals surface area contributed by atoms with Crippen LogP contribution in [0.1, 0.15) is 25.7 Å². The van der Waals surface area contributed by atoms with E-state index in [2.05, 4.69) is 5.32 Å². The van der Waals surface area contributed by atoms with E-state index in [1.165, 1.54) is 4.90 Å². The number of aliphatic hydroxyl groups excluding tert-OH is 2. The van der Waals surface area contributed by atoms with E-state index in [0.717, 1.165) is 45.3 Å². The van der Waals surface area contributed by atoms with Crippen molar-refractivity contribution in [1.29, 1.82) is 0 Å². The number of aliphatic hydroxyl groups is 2. The third kappa shape index (κ3) is 6.22. The van der Waals surface area contributed by atoms with Gasteiger partial charge in [-0.2, -0.15) is 0 Å². The number of amides is 2. The van der Waals surface area contributed by atoms with Crippen LogP contribution in [0.15, 0.2) is 0 Å². The van der Waals surface area contributed by atoms with Gasteiger partial charge in [0.1, 0.15) is 0 Å². The van der Waals surface area contributed by atoms with Gasteiger partial charge in [-0.15, -0.1) is 0 Å². The lowest BCUT2D eigenvalue weighted by molar-refractivity contribution is 0.0762. The second-order valence-electron chi connectivity index (χ2n) is 5.42. The Hall–Kier alpha value is -0.850. The molecule has 2 rings (SSSR count). The van der Waals surface area contributed by atoms with E-state index in [4.69, 9.17) is 5.11 Å². The van der Waals surface area contributed by atoms with Crippen LogP contribution in [0.2, 0.25) is 0 Å². The molecular formula is C13H27N3O3. The Morgan fingerprint density at radius 2 is 1.89 bits per heavy atom. The summed E-state index contributed by atoms with van der Waals surface area (Å²) in [5.41, 5.74) is 0. The number of carbonyl (C=O) groups is 1. The Balaban J connectivity index is 0.000000218. The fraction of sp³-hybridized carbons (Fsp3) is 0.923. The topological polar surface area (TPSA) is 76.0 Å². The van der Waals surface area contributed by atoms with Crippen molar-refractivity contribution < 1.29 is 15.0 Å². The summed E-state index contributed by atoms with van der Waals surface area (Å²) in [4.78, 5) is 14.6. The quantitative estimate of drug-likeness (QED) is 0.574. The number of piperidine rings is 2. The molecule has 0 aliphatic carbocycles. The van der Waals surface area contributed by atoms with Gasteiger partial charge in [-0.05, 0) is 32.2 Å². The normalized spacial score (nSPS) is 27.3. The first kappa shape index (κ1) is 16.2. The predicted octanol–water partition coefficient (Wildman–Crippen LogP) is -0.145. The molecule has 6 heteroatoms. The molecule has 0 aromatic heterocycles. The molecule has 2 unspecified atom stereocenters. The van der Waals surface area contributed by atoms with E-state index in [9.17, 15) is 9.90 Å². The molecule has 0 spiro atoms. The van der Waals surface area contributed by atoms with Crippen LogP contribution in [-0.4, -0.2) is 78.5 Å². The lowest BCUT2D eigenvalue weighted by Gasteiger charge is -2.32. The zero-order valence-electron chi connectivity index (χ0n) is 12.0. The second-order valence-corrected chi connectivity index (χ2v) is 5.42. The van der Waals surface area contributed by atoms with E-state index in [-0.39, 0.29) is 18.2 Å². The highest BCUT2D eigenvalue weighted by molar-refractivity contribution is 5.73. The molecule has 2 heterocycles. The summed E-state index contributed by atoms with van der Waals surface area (Å²) in [5.74, 6) is 0. The number of nitrogens with zero attached hydrogens (tertiary/aromatic N) is 2. The Kier molecular flexibility index (Phi) is 7.12. The maximum Gasteiger partial charge on any atom is 0.319 e. The minimum Gasteiger partial charge on any atom is -0.392 e. The van der Waals surface area contributed by atoms with Crippen LogP contribution in [0.3, 0.4) is 0 Å². The summed E-state index contributed by atoms with van der Waals surface area (Å²) in [7, 11) is 3.45. The number of hydrogen-bond acceptors (Lipinski definition) is 4. The zero-order chi connectivity index (χ0) is 14.3. The number of nitrogens with one attached hydrogen (secondary N) is 1. The SMILES string of the molecule is CN(C)C(=O)N1CCCC(O)C1.OC1CCCNC1. The summed E-state index contributed by atoms with van der Waals surface area (Å²) in [6, 6.07) is -0.00579. The molecule has 6 nitrogen and oxygen atoms in total. The Bertz CT molecular complexity index is 268. The summed E-state index contributed by atoms with van der Waals surface area (Å²) < 4.78 is 0. The van der Waals surface area contributed by atoms with Gasteiger partial charge in [0.2, 0.25) is 0 Å². The largest absolute Gasteiger partial charge is 0.392 e. The molecule has 2 saturated heterocycles. The van der Waals surface area contributed by atoms with Gasteiger partial charge in [-0.25, -0.2) is 4.79 Å². The van der Waals surface area contributed by atoms with Crippen molar-refractivity contribution >= 4 is 6.03 Å².